The highest BCUT2D eigenvalue weighted by Crippen LogP contribution is 2.33. The van der Waals surface area contributed by atoms with Gasteiger partial charge in [-0.25, -0.2) is 9.18 Å². The van der Waals surface area contributed by atoms with Gasteiger partial charge >= 0.3 is 5.97 Å². The van der Waals surface area contributed by atoms with Gasteiger partial charge in [-0.1, -0.05) is 30.9 Å². The number of rotatable bonds is 4. The molecule has 0 saturated heterocycles. The Morgan fingerprint density at radius 3 is 2.56 bits per heavy atom. The number of hydrogen-bond donors (Lipinski definition) is 0. The lowest BCUT2D eigenvalue weighted by Crippen LogP contribution is -2.53. The first-order chi connectivity index (χ1) is 11.8. The Bertz CT molecular complexity index is 711. The molecule has 0 bridgehead atoms. The molecule has 1 aromatic rings. The first-order valence-corrected chi connectivity index (χ1v) is 8.53. The topological polar surface area (TPSA) is 70.4 Å². The fourth-order valence-corrected chi connectivity index (χ4v) is 3.23. The van der Waals surface area contributed by atoms with Crippen molar-refractivity contribution in [1.82, 2.24) is 4.90 Å². The highest BCUT2D eigenvalue weighted by molar-refractivity contribution is 6.30. The average molecular weight is 367 g/mol. The van der Waals surface area contributed by atoms with Gasteiger partial charge in [0, 0.05) is 12.1 Å². The summed E-state index contributed by atoms with van der Waals surface area (Å²) in [7, 11) is 1.55. The van der Waals surface area contributed by atoms with E-state index in [4.69, 9.17) is 16.3 Å². The van der Waals surface area contributed by atoms with Gasteiger partial charge in [0.05, 0.1) is 11.6 Å². The number of nitrogens with zero attached hydrogens (tertiary/aromatic N) is 2. The van der Waals surface area contributed by atoms with Crippen LogP contribution in [0, 0.1) is 17.1 Å². The fraction of sp³-hybridized carbons (Fsp3) is 0.500. The lowest BCUT2D eigenvalue weighted by molar-refractivity contribution is -0.143. The number of carbonyl (C=O) groups is 2. The van der Waals surface area contributed by atoms with Crippen LogP contribution in [0.3, 0.4) is 0 Å². The quantitative estimate of drug-likeness (QED) is 0.761. The predicted octanol–water partition coefficient (Wildman–Crippen LogP) is 3.71. The summed E-state index contributed by atoms with van der Waals surface area (Å²) in [5.74, 6) is -2.24. The van der Waals surface area contributed by atoms with Crippen LogP contribution in [0.25, 0.3) is 0 Å². The summed E-state index contributed by atoms with van der Waals surface area (Å²) in [6.45, 7) is 1.42. The molecular formula is C18H20ClFN2O3. The van der Waals surface area contributed by atoms with E-state index in [2.05, 4.69) is 6.07 Å². The SMILES string of the molecule is C[C@H](OC(=O)c1ccc(Cl)cc1F)C(=O)N(C)C1(C#N)CCCCC1. The van der Waals surface area contributed by atoms with Gasteiger partial charge < -0.3 is 9.64 Å². The maximum atomic E-state index is 13.8. The predicted molar refractivity (Wildman–Crippen MR) is 90.5 cm³/mol. The molecule has 0 spiro atoms. The molecule has 1 aliphatic carbocycles. The molecule has 5 nitrogen and oxygen atoms in total. The van der Waals surface area contributed by atoms with Crippen molar-refractivity contribution >= 4 is 23.5 Å². The van der Waals surface area contributed by atoms with Crippen LogP contribution in [0.4, 0.5) is 4.39 Å². The molecule has 1 saturated carbocycles. The highest BCUT2D eigenvalue weighted by Gasteiger charge is 2.40. The summed E-state index contributed by atoms with van der Waals surface area (Å²) in [6, 6.07) is 5.82. The Hall–Kier alpha value is -2.13. The largest absolute Gasteiger partial charge is 0.449 e. The van der Waals surface area contributed by atoms with Crippen molar-refractivity contribution in [2.75, 3.05) is 7.05 Å². The highest BCUT2D eigenvalue weighted by atomic mass is 35.5. The van der Waals surface area contributed by atoms with Gasteiger partial charge in [0.2, 0.25) is 0 Å². The number of halogens is 2. The molecular weight excluding hydrogens is 347 g/mol. The van der Waals surface area contributed by atoms with E-state index >= 15 is 0 Å². The minimum atomic E-state index is -1.13. The van der Waals surface area contributed by atoms with Crippen LogP contribution in [-0.2, 0) is 9.53 Å². The maximum absolute atomic E-state index is 13.8. The number of amides is 1. The first-order valence-electron chi connectivity index (χ1n) is 8.16. The van der Waals surface area contributed by atoms with Crippen molar-refractivity contribution < 1.29 is 18.7 Å². The number of ether oxygens (including phenoxy) is 1. The van der Waals surface area contributed by atoms with Gasteiger partial charge in [-0.3, -0.25) is 4.79 Å². The third-order valence-electron chi connectivity index (χ3n) is 4.64. The molecule has 1 fully saturated rings. The molecule has 0 heterocycles. The third kappa shape index (κ3) is 4.10. The second-order valence-corrected chi connectivity index (χ2v) is 6.71. The van der Waals surface area contributed by atoms with E-state index in [-0.39, 0.29) is 10.6 Å². The number of nitriles is 1. The number of hydrogen-bond acceptors (Lipinski definition) is 4. The second-order valence-electron chi connectivity index (χ2n) is 6.27. The Kier molecular flexibility index (Phi) is 6.02. The van der Waals surface area contributed by atoms with Gasteiger partial charge in [0.15, 0.2) is 6.10 Å². The van der Waals surface area contributed by atoms with Gasteiger partial charge in [-0.15, -0.1) is 0 Å². The zero-order valence-electron chi connectivity index (χ0n) is 14.2. The molecule has 1 atom stereocenters. The monoisotopic (exact) mass is 366 g/mol. The molecule has 0 N–H and O–H groups in total. The lowest BCUT2D eigenvalue weighted by atomic mass is 9.81. The van der Waals surface area contributed by atoms with Crippen LogP contribution in [-0.4, -0.2) is 35.5 Å². The third-order valence-corrected chi connectivity index (χ3v) is 4.88. The van der Waals surface area contributed by atoms with E-state index in [0.717, 1.165) is 25.3 Å². The van der Waals surface area contributed by atoms with E-state index in [0.29, 0.717) is 12.8 Å². The molecule has 0 unspecified atom stereocenters. The van der Waals surface area contributed by atoms with Crippen LogP contribution >= 0.6 is 11.6 Å². The van der Waals surface area contributed by atoms with E-state index in [9.17, 15) is 19.2 Å². The van der Waals surface area contributed by atoms with Gasteiger partial charge in [0.1, 0.15) is 11.4 Å². The maximum Gasteiger partial charge on any atom is 0.341 e. The Morgan fingerprint density at radius 2 is 2.00 bits per heavy atom. The average Bonchev–Trinajstić information content (AvgIpc) is 2.60. The molecule has 7 heteroatoms. The van der Waals surface area contributed by atoms with Gasteiger partial charge in [0.25, 0.3) is 5.91 Å². The van der Waals surface area contributed by atoms with E-state index in [1.807, 2.05) is 0 Å². The van der Waals surface area contributed by atoms with Crippen molar-refractivity contribution in [3.05, 3.63) is 34.6 Å². The van der Waals surface area contributed by atoms with Crippen LogP contribution < -0.4 is 0 Å². The van der Waals surface area contributed by atoms with Crippen molar-refractivity contribution in [3.8, 4) is 6.07 Å². The second kappa shape index (κ2) is 7.83. The van der Waals surface area contributed by atoms with Crippen molar-refractivity contribution in [1.29, 1.82) is 5.26 Å². The fourth-order valence-electron chi connectivity index (χ4n) is 3.07. The molecule has 134 valence electrons. The zero-order valence-corrected chi connectivity index (χ0v) is 15.0. The summed E-state index contributed by atoms with van der Waals surface area (Å²) < 4.78 is 18.9. The van der Waals surface area contributed by atoms with Gasteiger partial charge in [-0.05, 0) is 38.0 Å². The summed E-state index contributed by atoms with van der Waals surface area (Å²) in [5.41, 5.74) is -1.17. The minimum absolute atomic E-state index is 0.158. The number of esters is 1. The van der Waals surface area contributed by atoms with Crippen LogP contribution in [0.15, 0.2) is 18.2 Å². The van der Waals surface area contributed by atoms with E-state index < -0.39 is 29.3 Å². The van der Waals surface area contributed by atoms with E-state index in [1.165, 1.54) is 24.0 Å². The Labute approximate surface area is 151 Å². The smallest absolute Gasteiger partial charge is 0.341 e. The molecule has 1 aliphatic rings. The zero-order chi connectivity index (χ0) is 18.6. The van der Waals surface area contributed by atoms with Crippen LogP contribution in [0.1, 0.15) is 49.4 Å². The molecule has 1 aromatic carbocycles. The molecule has 0 aliphatic heterocycles. The minimum Gasteiger partial charge on any atom is -0.449 e. The van der Waals surface area contributed by atoms with Crippen LogP contribution in [0.5, 0.6) is 0 Å². The summed E-state index contributed by atoms with van der Waals surface area (Å²) in [6.07, 6.45) is 2.84. The van der Waals surface area contributed by atoms with Crippen molar-refractivity contribution in [2.45, 2.75) is 50.7 Å². The number of carbonyl (C=O) groups excluding carboxylic acids is 2. The first kappa shape index (κ1) is 19.2. The molecule has 2 rings (SSSR count). The standard InChI is InChI=1S/C18H20ClFN2O3/c1-12(25-17(24)14-7-6-13(19)10-15(14)20)16(23)22(2)18(11-21)8-4-3-5-9-18/h6-7,10,12H,3-5,8-9H2,1-2H3/t12-/m0/s1. The van der Waals surface area contributed by atoms with Crippen molar-refractivity contribution in [2.24, 2.45) is 0 Å². The molecule has 0 radical (unpaired) electrons. The van der Waals surface area contributed by atoms with Crippen LogP contribution in [0.2, 0.25) is 5.02 Å². The number of benzene rings is 1. The van der Waals surface area contributed by atoms with Crippen molar-refractivity contribution in [3.63, 3.8) is 0 Å². The Balaban J connectivity index is 2.09. The summed E-state index contributed by atoms with van der Waals surface area (Å²) >= 11 is 5.65. The lowest BCUT2D eigenvalue weighted by Gasteiger charge is -2.39. The molecule has 0 aromatic heterocycles. The molecule has 1 amide bonds. The molecule has 25 heavy (non-hydrogen) atoms. The van der Waals surface area contributed by atoms with Gasteiger partial charge in [-0.2, -0.15) is 5.26 Å². The normalized spacial score (nSPS) is 17.2. The Morgan fingerprint density at radius 1 is 1.36 bits per heavy atom. The number of likely N-dealkylation sites (N-methyl/N-ethyl adjacent to an activating group) is 1. The summed E-state index contributed by atoms with van der Waals surface area (Å²) in [5, 5.41) is 9.71. The van der Waals surface area contributed by atoms with E-state index in [1.54, 1.807) is 7.05 Å². The summed E-state index contributed by atoms with van der Waals surface area (Å²) in [4.78, 5) is 26.1.